The molecular weight excluding hydrogens is 1380 g/mol. The number of nitrogens with zero attached hydrogens (tertiary/aromatic N) is 1. The second kappa shape index (κ2) is 28.6. The van der Waals surface area contributed by atoms with Gasteiger partial charge in [-0.25, -0.2) is 0 Å². The Hall–Kier alpha value is -14.9. The van der Waals surface area contributed by atoms with Crippen LogP contribution >= 0.6 is 0 Å². The Morgan fingerprint density at radius 1 is 0.204 bits per heavy atom. The lowest BCUT2D eigenvalue weighted by Gasteiger charge is -2.21. The van der Waals surface area contributed by atoms with Crippen LogP contribution in [0.3, 0.4) is 0 Å². The first-order chi connectivity index (χ1) is 55.7. The molecule has 9 heteroatoms. The number of para-hydroxylation sites is 4. The van der Waals surface area contributed by atoms with Crippen LogP contribution in [0.2, 0.25) is 0 Å². The van der Waals surface area contributed by atoms with Gasteiger partial charge in [0, 0.05) is 112 Å². The van der Waals surface area contributed by atoms with Gasteiger partial charge < -0.3 is 38.9 Å². The van der Waals surface area contributed by atoms with Crippen LogP contribution in [-0.4, -0.2) is 4.98 Å². The van der Waals surface area contributed by atoms with Gasteiger partial charge in [0.2, 0.25) is 0 Å². The summed E-state index contributed by atoms with van der Waals surface area (Å²) < 4.78 is 23.8. The zero-order valence-electron chi connectivity index (χ0n) is 62.0. The molecule has 9 nitrogen and oxygen atoms in total. The van der Waals surface area contributed by atoms with Gasteiger partial charge in [-0.2, -0.15) is 0 Å². The molecule has 0 fully saturated rings. The monoisotopic (exact) mass is 1460 g/mol. The molecule has 23 rings (SSSR count). The highest BCUT2D eigenvalue weighted by Gasteiger charge is 2.35. The standard InChI is InChI=1S/C30H19NO.C27H21NO.C24H17NO.C23H16N2O/c1-2-9-23-21(7-1)22-8-3-4-10-24(22)27-17-19(13-15-25(23)27)31-20-14-16-30-28(18-20)26-11-5-6-12-29(26)32-30;1-27(2)23-9-5-3-7-19(23)22-15-17(12-14-24(22)27)28-18-11-13-21-20-8-4-6-10-25(20)29-26(21)16-18;1-2-7-17(8-3-1)18-9-6-10-19(15-18)25-20-13-14-24-22(16-20)21-11-4-5-12-23(21)26-24;1-2-6-22-20(5-1)21-14-19(11-12-23(21)26-22)25-18-9-7-16(8-10-18)17-4-3-13-24-15-17/h1-18,31H;3-16,28H,1-2H3;1-16,25H;1-15,25H. The van der Waals surface area contributed by atoms with Crippen molar-refractivity contribution in [1.82, 2.24) is 4.98 Å². The van der Waals surface area contributed by atoms with Gasteiger partial charge in [-0.1, -0.05) is 232 Å². The van der Waals surface area contributed by atoms with Gasteiger partial charge >= 0.3 is 0 Å². The van der Waals surface area contributed by atoms with Crippen LogP contribution in [-0.2, 0) is 5.41 Å². The summed E-state index contributed by atoms with van der Waals surface area (Å²) in [4.78, 5) is 4.18. The van der Waals surface area contributed by atoms with Crippen LogP contribution in [0, 0.1) is 0 Å². The Balaban J connectivity index is 0.0000000983. The highest BCUT2D eigenvalue weighted by molar-refractivity contribution is 6.26. The van der Waals surface area contributed by atoms with E-state index in [-0.39, 0.29) is 5.41 Å². The van der Waals surface area contributed by atoms with Crippen molar-refractivity contribution < 1.29 is 17.7 Å². The number of fused-ring (bicyclic) bond motifs is 21. The average Bonchev–Trinajstić information content (AvgIpc) is 1.50. The van der Waals surface area contributed by atoms with E-state index < -0.39 is 0 Å². The second-order valence-electron chi connectivity index (χ2n) is 29.3. The number of benzene rings is 17. The molecule has 0 saturated carbocycles. The molecule has 4 N–H and O–H groups in total. The minimum atomic E-state index is 0.0393. The molecule has 0 atom stereocenters. The molecule has 0 bridgehead atoms. The lowest BCUT2D eigenvalue weighted by atomic mass is 9.82. The van der Waals surface area contributed by atoms with Crippen molar-refractivity contribution in [3.05, 3.63) is 394 Å². The summed E-state index contributed by atoms with van der Waals surface area (Å²) in [5.41, 5.74) is 25.9. The number of rotatable bonds is 10. The van der Waals surface area contributed by atoms with Crippen LogP contribution in [0.1, 0.15) is 25.0 Å². The molecule has 0 aliphatic heterocycles. The predicted molar refractivity (Wildman–Crippen MR) is 473 cm³/mol. The molecule has 5 aromatic heterocycles. The van der Waals surface area contributed by atoms with E-state index in [4.69, 9.17) is 17.7 Å². The maximum Gasteiger partial charge on any atom is 0.137 e. The highest BCUT2D eigenvalue weighted by Crippen LogP contribution is 2.50. The maximum atomic E-state index is 6.04. The number of anilines is 8. The SMILES string of the molecule is CC1(C)c2ccccc2-c2cc(Nc3ccc4c(c3)oc3ccccc34)ccc21.c1ccc(-c2cccc(Nc3ccc4oc5ccccc5c4c3)c2)cc1.c1ccc2c(c1)oc1ccc(Nc3ccc4c5ccccc5c5ccccc5c4c3)cc12.c1cncc(-c2ccc(Nc3ccc4oc5ccccc5c4c3)cc2)c1. The molecule has 113 heavy (non-hydrogen) atoms. The van der Waals surface area contributed by atoms with E-state index in [1.165, 1.54) is 65.7 Å². The third-order valence-electron chi connectivity index (χ3n) is 21.8. The molecule has 22 aromatic rings. The van der Waals surface area contributed by atoms with E-state index in [0.717, 1.165) is 144 Å². The number of pyridine rings is 1. The average molecular weight is 1460 g/mol. The summed E-state index contributed by atoms with van der Waals surface area (Å²) in [6.07, 6.45) is 3.66. The predicted octanol–water partition coefficient (Wildman–Crippen LogP) is 29.8. The minimum absolute atomic E-state index is 0.0393. The third kappa shape index (κ3) is 13.0. The van der Waals surface area contributed by atoms with Crippen LogP contribution in [0.15, 0.2) is 400 Å². The molecule has 0 unspecified atom stereocenters. The summed E-state index contributed by atoms with van der Waals surface area (Å²) in [5.74, 6) is 0. The summed E-state index contributed by atoms with van der Waals surface area (Å²) in [6, 6.07) is 128. The quantitative estimate of drug-likeness (QED) is 0.0994. The minimum Gasteiger partial charge on any atom is -0.456 e. The van der Waals surface area contributed by atoms with Gasteiger partial charge in [-0.3, -0.25) is 4.98 Å². The van der Waals surface area contributed by atoms with Gasteiger partial charge in [0.25, 0.3) is 0 Å². The first-order valence-electron chi connectivity index (χ1n) is 38.2. The van der Waals surface area contributed by atoms with Crippen molar-refractivity contribution in [3.63, 3.8) is 0 Å². The zero-order chi connectivity index (χ0) is 75.4. The van der Waals surface area contributed by atoms with E-state index in [9.17, 15) is 0 Å². The lowest BCUT2D eigenvalue weighted by Crippen LogP contribution is -2.14. The van der Waals surface area contributed by atoms with Gasteiger partial charge in [0.05, 0.1) is 0 Å². The Kier molecular flexibility index (Phi) is 17.0. The molecule has 1 aliphatic carbocycles. The molecule has 538 valence electrons. The number of hydrogen-bond acceptors (Lipinski definition) is 9. The number of nitrogens with one attached hydrogen (secondary N) is 4. The normalized spacial score (nSPS) is 12.1. The largest absolute Gasteiger partial charge is 0.456 e. The highest BCUT2D eigenvalue weighted by atomic mass is 16.3. The molecule has 0 saturated heterocycles. The third-order valence-corrected chi connectivity index (χ3v) is 21.8. The molecular formula is C104H73N5O4. The van der Waals surface area contributed by atoms with Crippen LogP contribution < -0.4 is 21.3 Å². The molecule has 1 aliphatic rings. The summed E-state index contributed by atoms with van der Waals surface area (Å²) >= 11 is 0. The van der Waals surface area contributed by atoms with Gasteiger partial charge in [0.1, 0.15) is 44.7 Å². The fraction of sp³-hybridized carbons (Fsp3) is 0.0288. The molecule has 17 aromatic carbocycles. The lowest BCUT2D eigenvalue weighted by molar-refractivity contribution is 0.660. The van der Waals surface area contributed by atoms with Crippen molar-refractivity contribution in [2.45, 2.75) is 19.3 Å². The fourth-order valence-electron chi connectivity index (χ4n) is 16.4. The van der Waals surface area contributed by atoms with Gasteiger partial charge in [0.15, 0.2) is 0 Å². The van der Waals surface area contributed by atoms with E-state index in [2.05, 4.69) is 307 Å². The van der Waals surface area contributed by atoms with E-state index in [0.29, 0.717) is 0 Å². The van der Waals surface area contributed by atoms with Crippen LogP contribution in [0.25, 0.3) is 153 Å². The van der Waals surface area contributed by atoms with Gasteiger partial charge in [-0.15, -0.1) is 0 Å². The molecule has 0 spiro atoms. The number of furan rings is 4. The van der Waals surface area contributed by atoms with Crippen molar-refractivity contribution >= 4 is 166 Å². The molecule has 0 amide bonds. The maximum absolute atomic E-state index is 6.04. The number of hydrogen-bond donors (Lipinski definition) is 4. The van der Waals surface area contributed by atoms with Crippen molar-refractivity contribution in [1.29, 1.82) is 0 Å². The fourth-order valence-corrected chi connectivity index (χ4v) is 16.4. The van der Waals surface area contributed by atoms with Crippen LogP contribution in [0.4, 0.5) is 45.5 Å². The van der Waals surface area contributed by atoms with E-state index in [1.807, 2.05) is 109 Å². The van der Waals surface area contributed by atoms with Crippen molar-refractivity contribution in [2.24, 2.45) is 0 Å². The Bertz CT molecular complexity index is 7320. The van der Waals surface area contributed by atoms with Crippen molar-refractivity contribution in [2.75, 3.05) is 21.3 Å². The number of aromatic nitrogens is 1. The van der Waals surface area contributed by atoms with E-state index in [1.54, 1.807) is 6.20 Å². The van der Waals surface area contributed by atoms with E-state index >= 15 is 0 Å². The summed E-state index contributed by atoms with van der Waals surface area (Å²) in [6.45, 7) is 4.61. The molecule has 5 heterocycles. The van der Waals surface area contributed by atoms with Gasteiger partial charge in [-0.05, 0) is 222 Å². The topological polar surface area (TPSA) is 114 Å². The van der Waals surface area contributed by atoms with Crippen molar-refractivity contribution in [3.8, 4) is 33.4 Å². The molecule has 0 radical (unpaired) electrons. The van der Waals surface area contributed by atoms with Crippen LogP contribution in [0.5, 0.6) is 0 Å². The zero-order valence-corrected chi connectivity index (χ0v) is 62.0. The summed E-state index contributed by atoms with van der Waals surface area (Å²) in [5, 5.41) is 31.0. The second-order valence-corrected chi connectivity index (χ2v) is 29.3. The Labute approximate surface area is 651 Å². The summed E-state index contributed by atoms with van der Waals surface area (Å²) in [7, 11) is 0. The Morgan fingerprint density at radius 3 is 1.09 bits per heavy atom. The first kappa shape index (κ1) is 67.4. The Morgan fingerprint density at radius 2 is 0.549 bits per heavy atom. The smallest absolute Gasteiger partial charge is 0.137 e. The first-order valence-corrected chi connectivity index (χ1v) is 38.2.